The van der Waals surface area contributed by atoms with E-state index >= 15 is 0 Å². The molecule has 24 heavy (non-hydrogen) atoms. The molecule has 1 spiro atoms. The molecule has 7 nitrogen and oxygen atoms in total. The highest BCUT2D eigenvalue weighted by Gasteiger charge is 2.74. The van der Waals surface area contributed by atoms with Gasteiger partial charge in [-0.2, -0.15) is 5.26 Å². The Morgan fingerprint density at radius 1 is 1.17 bits per heavy atom. The van der Waals surface area contributed by atoms with Gasteiger partial charge in [0.1, 0.15) is 0 Å². The molecule has 3 aliphatic rings. The number of hydrogen-bond acceptors (Lipinski definition) is 6. The van der Waals surface area contributed by atoms with E-state index < -0.39 is 28.6 Å². The van der Waals surface area contributed by atoms with Crippen molar-refractivity contribution in [2.24, 2.45) is 10.8 Å². The highest BCUT2D eigenvalue weighted by Crippen LogP contribution is 2.69. The predicted octanol–water partition coefficient (Wildman–Crippen LogP) is 1.45. The van der Waals surface area contributed by atoms with Crippen LogP contribution >= 0.6 is 0 Å². The molecule has 0 aromatic heterocycles. The van der Waals surface area contributed by atoms with E-state index in [1.165, 1.54) is 12.1 Å². The lowest BCUT2D eigenvalue weighted by atomic mass is 9.87. The van der Waals surface area contributed by atoms with Gasteiger partial charge in [-0.25, -0.2) is 4.79 Å². The minimum Gasteiger partial charge on any atom is -0.381 e. The van der Waals surface area contributed by atoms with Crippen molar-refractivity contribution in [1.82, 2.24) is 5.06 Å². The van der Waals surface area contributed by atoms with Crippen molar-refractivity contribution in [2.45, 2.75) is 19.3 Å². The maximum atomic E-state index is 12.6. The van der Waals surface area contributed by atoms with Gasteiger partial charge < -0.3 is 9.57 Å². The Kier molecular flexibility index (Phi) is 3.02. The summed E-state index contributed by atoms with van der Waals surface area (Å²) in [5.74, 6) is -2.20. The highest BCUT2D eigenvalue weighted by molar-refractivity contribution is 6.21. The van der Waals surface area contributed by atoms with Crippen LogP contribution in [0.15, 0.2) is 24.3 Å². The van der Waals surface area contributed by atoms with Crippen LogP contribution in [0.3, 0.4) is 0 Å². The first kappa shape index (κ1) is 14.8. The first-order valence-corrected chi connectivity index (χ1v) is 7.74. The smallest absolute Gasteiger partial charge is 0.353 e. The normalized spacial score (nSPS) is 26.9. The maximum Gasteiger partial charge on any atom is 0.353 e. The second kappa shape index (κ2) is 4.89. The monoisotopic (exact) mass is 326 g/mol. The van der Waals surface area contributed by atoms with Crippen LogP contribution in [0.5, 0.6) is 0 Å². The van der Waals surface area contributed by atoms with Gasteiger partial charge in [-0.1, -0.05) is 17.2 Å². The van der Waals surface area contributed by atoms with Crippen LogP contribution in [0.2, 0.25) is 0 Å². The molecule has 1 saturated carbocycles. The Balaban J connectivity index is 1.57. The van der Waals surface area contributed by atoms with Gasteiger partial charge in [-0.05, 0) is 31.4 Å². The van der Waals surface area contributed by atoms with Crippen molar-refractivity contribution in [3.05, 3.63) is 35.4 Å². The fourth-order valence-electron chi connectivity index (χ4n) is 3.73. The predicted molar refractivity (Wildman–Crippen MR) is 78.2 cm³/mol. The number of nitrogens with zero attached hydrogens (tertiary/aromatic N) is 2. The second-order valence-electron chi connectivity index (χ2n) is 6.42. The summed E-state index contributed by atoms with van der Waals surface area (Å²) in [5.41, 5.74) is -1.38. The van der Waals surface area contributed by atoms with Gasteiger partial charge in [0.25, 0.3) is 11.8 Å². The number of ether oxygens (including phenoxy) is 1. The molecule has 0 bridgehead atoms. The summed E-state index contributed by atoms with van der Waals surface area (Å²) in [4.78, 5) is 42.2. The summed E-state index contributed by atoms with van der Waals surface area (Å²) in [6, 6.07) is 8.32. The zero-order chi connectivity index (χ0) is 16.9. The number of carbonyl (C=O) groups is 3. The van der Waals surface area contributed by atoms with E-state index in [0.29, 0.717) is 37.5 Å². The van der Waals surface area contributed by atoms with E-state index in [2.05, 4.69) is 6.07 Å². The Bertz CT molecular complexity index is 770. The van der Waals surface area contributed by atoms with Crippen LogP contribution in [0.25, 0.3) is 0 Å². The van der Waals surface area contributed by atoms with E-state index in [1.807, 2.05) is 0 Å². The minimum atomic E-state index is -1.30. The summed E-state index contributed by atoms with van der Waals surface area (Å²) in [7, 11) is 0. The van der Waals surface area contributed by atoms with Gasteiger partial charge >= 0.3 is 5.97 Å². The number of nitriles is 1. The van der Waals surface area contributed by atoms with Gasteiger partial charge in [0.05, 0.1) is 17.2 Å². The van der Waals surface area contributed by atoms with E-state index in [-0.39, 0.29) is 11.1 Å². The molecule has 7 heteroatoms. The minimum absolute atomic E-state index is 0.192. The summed E-state index contributed by atoms with van der Waals surface area (Å²) in [6.07, 6.45) is 1.57. The first-order chi connectivity index (χ1) is 11.5. The van der Waals surface area contributed by atoms with Crippen LogP contribution in [-0.4, -0.2) is 36.1 Å². The number of amides is 2. The molecule has 1 aromatic rings. The zero-order valence-electron chi connectivity index (χ0n) is 12.8. The van der Waals surface area contributed by atoms with Crippen LogP contribution in [0, 0.1) is 22.2 Å². The lowest BCUT2D eigenvalue weighted by Gasteiger charge is -2.25. The SMILES string of the molecule is N#CC1(C(=O)ON2C(=O)c3ccccc3C2=O)CC12CCOCC2. The van der Waals surface area contributed by atoms with E-state index in [0.717, 1.165) is 0 Å². The van der Waals surface area contributed by atoms with Crippen molar-refractivity contribution in [3.63, 3.8) is 0 Å². The first-order valence-electron chi connectivity index (χ1n) is 7.74. The fraction of sp³-hybridized carbons (Fsp3) is 0.412. The van der Waals surface area contributed by atoms with Crippen LogP contribution in [-0.2, 0) is 14.4 Å². The zero-order valence-corrected chi connectivity index (χ0v) is 12.8. The molecule has 1 aromatic carbocycles. The molecule has 0 radical (unpaired) electrons. The van der Waals surface area contributed by atoms with Gasteiger partial charge in [0.2, 0.25) is 0 Å². The number of imide groups is 1. The molecule has 1 unspecified atom stereocenters. The van der Waals surface area contributed by atoms with Gasteiger partial charge in [-0.15, -0.1) is 0 Å². The number of rotatable bonds is 2. The molecule has 0 N–H and O–H groups in total. The number of benzene rings is 1. The van der Waals surface area contributed by atoms with Gasteiger partial charge in [-0.3, -0.25) is 9.59 Å². The molecule has 1 aliphatic carbocycles. The quantitative estimate of drug-likeness (QED) is 0.763. The molecule has 122 valence electrons. The highest BCUT2D eigenvalue weighted by atomic mass is 16.7. The number of carbonyl (C=O) groups excluding carboxylic acids is 3. The third-order valence-electron chi connectivity index (χ3n) is 5.30. The van der Waals surface area contributed by atoms with Gasteiger partial charge in [0, 0.05) is 18.6 Å². The molecule has 2 fully saturated rings. The van der Waals surface area contributed by atoms with Crippen molar-refractivity contribution in [3.8, 4) is 6.07 Å². The summed E-state index contributed by atoms with van der Waals surface area (Å²) in [6.45, 7) is 0.980. The van der Waals surface area contributed by atoms with Crippen LogP contribution < -0.4 is 0 Å². The third-order valence-corrected chi connectivity index (χ3v) is 5.30. The maximum absolute atomic E-state index is 12.6. The second-order valence-corrected chi connectivity index (χ2v) is 6.42. The molecule has 1 atom stereocenters. The van der Waals surface area contributed by atoms with Crippen molar-refractivity contribution in [1.29, 1.82) is 5.26 Å². The molecular formula is C17H14N2O5. The molecule has 1 saturated heterocycles. The van der Waals surface area contributed by atoms with Crippen LogP contribution in [0.4, 0.5) is 0 Å². The average Bonchev–Trinajstić information content (AvgIpc) is 3.18. The van der Waals surface area contributed by atoms with Crippen LogP contribution in [0.1, 0.15) is 40.0 Å². The fourth-order valence-corrected chi connectivity index (χ4v) is 3.73. The van der Waals surface area contributed by atoms with Gasteiger partial charge in [0.15, 0.2) is 5.41 Å². The number of hydrogen-bond donors (Lipinski definition) is 0. The Labute approximate surface area is 137 Å². The van der Waals surface area contributed by atoms with E-state index in [1.54, 1.807) is 12.1 Å². The van der Waals surface area contributed by atoms with E-state index in [9.17, 15) is 19.6 Å². The van der Waals surface area contributed by atoms with Crippen molar-refractivity contribution in [2.75, 3.05) is 13.2 Å². The number of fused-ring (bicyclic) bond motifs is 1. The molecular weight excluding hydrogens is 312 g/mol. The molecule has 2 amide bonds. The number of hydroxylamine groups is 2. The summed E-state index contributed by atoms with van der Waals surface area (Å²) < 4.78 is 5.29. The standard InChI is InChI=1S/C17H14N2O5/c18-10-17(9-16(17)5-7-23-8-6-16)15(22)24-19-13(20)11-3-1-2-4-12(11)14(19)21/h1-4H,5-9H2. The van der Waals surface area contributed by atoms with E-state index in [4.69, 9.17) is 9.57 Å². The Morgan fingerprint density at radius 2 is 1.75 bits per heavy atom. The van der Waals surface area contributed by atoms with Crippen molar-refractivity contribution < 1.29 is 24.0 Å². The summed E-state index contributed by atoms with van der Waals surface area (Å²) in [5, 5.41) is 10.0. The Morgan fingerprint density at radius 3 is 2.29 bits per heavy atom. The molecule has 2 aliphatic heterocycles. The third kappa shape index (κ3) is 1.77. The molecule has 4 rings (SSSR count). The lowest BCUT2D eigenvalue weighted by molar-refractivity contribution is -0.175. The van der Waals surface area contributed by atoms with Crippen molar-refractivity contribution >= 4 is 17.8 Å². The lowest BCUT2D eigenvalue weighted by Crippen LogP contribution is -2.38. The average molecular weight is 326 g/mol. The Hall–Kier alpha value is -2.72. The summed E-state index contributed by atoms with van der Waals surface area (Å²) >= 11 is 0. The molecule has 2 heterocycles. The largest absolute Gasteiger partial charge is 0.381 e. The topological polar surface area (TPSA) is 96.7 Å².